The predicted molar refractivity (Wildman–Crippen MR) is 71.7 cm³/mol. The molecule has 1 fully saturated rings. The van der Waals surface area contributed by atoms with Crippen LogP contribution in [0.3, 0.4) is 0 Å². The minimum atomic E-state index is -1.17. The quantitative estimate of drug-likeness (QED) is 0.696. The Kier molecular flexibility index (Phi) is 4.78. The molecule has 0 aliphatic carbocycles. The summed E-state index contributed by atoms with van der Waals surface area (Å²) in [7, 11) is 1.25. The lowest BCUT2D eigenvalue weighted by Gasteiger charge is -2.40. The maximum absolute atomic E-state index is 13.0. The molecule has 114 valence electrons. The monoisotopic (exact) mass is 287 g/mol. The van der Waals surface area contributed by atoms with Gasteiger partial charge >= 0.3 is 12.1 Å². The number of hydrogen-bond donors (Lipinski definition) is 0. The number of carbonyl (C=O) groups is 2. The van der Waals surface area contributed by atoms with Crippen molar-refractivity contribution >= 4 is 12.1 Å². The van der Waals surface area contributed by atoms with E-state index in [0.29, 0.717) is 18.4 Å². The number of methoxy groups -OCH3 is 1. The molecule has 0 aromatic rings. The Morgan fingerprint density at radius 1 is 1.40 bits per heavy atom. The summed E-state index contributed by atoms with van der Waals surface area (Å²) in [5.41, 5.74) is -1.45. The lowest BCUT2D eigenvalue weighted by molar-refractivity contribution is -0.151. The van der Waals surface area contributed by atoms with E-state index < -0.39 is 23.1 Å². The van der Waals surface area contributed by atoms with Gasteiger partial charge in [0.05, 0.1) is 13.4 Å². The van der Waals surface area contributed by atoms with E-state index in [-0.39, 0.29) is 13.0 Å². The molecule has 1 heterocycles. The predicted octanol–water partition coefficient (Wildman–Crippen LogP) is 2.66. The normalized spacial score (nSPS) is 25.5. The second kappa shape index (κ2) is 5.81. The number of piperidine rings is 1. The minimum absolute atomic E-state index is 0.0460. The van der Waals surface area contributed by atoms with E-state index in [0.717, 1.165) is 0 Å². The lowest BCUT2D eigenvalue weighted by atomic mass is 9.78. The third-order valence-corrected chi connectivity index (χ3v) is 3.29. The van der Waals surface area contributed by atoms with Gasteiger partial charge in [0.15, 0.2) is 0 Å². The van der Waals surface area contributed by atoms with Crippen LogP contribution in [0.25, 0.3) is 0 Å². The molecule has 5 nitrogen and oxygen atoms in total. The van der Waals surface area contributed by atoms with Gasteiger partial charge in [-0.1, -0.05) is 0 Å². The number of nitrogens with zero attached hydrogens (tertiary/aromatic N) is 1. The Morgan fingerprint density at radius 2 is 2.00 bits per heavy atom. The van der Waals surface area contributed by atoms with Gasteiger partial charge in [-0.2, -0.15) is 0 Å². The van der Waals surface area contributed by atoms with Gasteiger partial charge < -0.3 is 14.4 Å². The molecule has 0 bridgehead atoms. The molecule has 0 saturated carbocycles. The largest absolute Gasteiger partial charge is 0.468 e. The van der Waals surface area contributed by atoms with Gasteiger partial charge in [0.2, 0.25) is 0 Å². The topological polar surface area (TPSA) is 55.8 Å². The second-order valence-electron chi connectivity index (χ2n) is 6.11. The smallest absolute Gasteiger partial charge is 0.410 e. The molecule has 0 N–H and O–H groups in total. The van der Waals surface area contributed by atoms with Gasteiger partial charge in [-0.3, -0.25) is 4.79 Å². The number of rotatable bonds is 1. The SMILES string of the molecule is COC(=O)[C@]1(C)CN(C(=O)OC(C)(C)C)CC/C1=C\F. The van der Waals surface area contributed by atoms with Crippen molar-refractivity contribution in [2.24, 2.45) is 5.41 Å². The maximum Gasteiger partial charge on any atom is 0.410 e. The standard InChI is InChI=1S/C14H22FNO4/c1-13(2,3)20-12(18)16-7-6-10(8-15)14(4,9-16)11(17)19-5/h8H,6-7,9H2,1-5H3/b10-8+/t14-/m1/s1. The van der Waals surface area contributed by atoms with Crippen molar-refractivity contribution in [3.8, 4) is 0 Å². The molecule has 1 rings (SSSR count). The van der Waals surface area contributed by atoms with Crippen molar-refractivity contribution in [1.82, 2.24) is 4.90 Å². The van der Waals surface area contributed by atoms with E-state index in [1.54, 1.807) is 27.7 Å². The Hall–Kier alpha value is -1.59. The van der Waals surface area contributed by atoms with E-state index in [2.05, 4.69) is 0 Å². The van der Waals surface area contributed by atoms with Crippen LogP contribution in [0.4, 0.5) is 9.18 Å². The highest BCUT2D eigenvalue weighted by Gasteiger charge is 2.45. The molecule has 0 unspecified atom stereocenters. The Morgan fingerprint density at radius 3 is 2.45 bits per heavy atom. The Bertz CT molecular complexity index is 427. The molecule has 1 amide bonds. The first kappa shape index (κ1) is 16.5. The van der Waals surface area contributed by atoms with Gasteiger partial charge in [0.1, 0.15) is 11.0 Å². The van der Waals surface area contributed by atoms with E-state index >= 15 is 0 Å². The van der Waals surface area contributed by atoms with Gasteiger partial charge in [-0.25, -0.2) is 9.18 Å². The summed E-state index contributed by atoms with van der Waals surface area (Å²) >= 11 is 0. The van der Waals surface area contributed by atoms with Crippen LogP contribution in [0.15, 0.2) is 11.9 Å². The van der Waals surface area contributed by atoms with Crippen LogP contribution < -0.4 is 0 Å². The molecule has 0 aromatic carbocycles. The summed E-state index contributed by atoms with van der Waals surface area (Å²) in [5.74, 6) is -0.561. The fourth-order valence-corrected chi connectivity index (χ4v) is 2.17. The van der Waals surface area contributed by atoms with Crippen LogP contribution in [0.2, 0.25) is 0 Å². The zero-order chi connectivity index (χ0) is 15.6. The molecular weight excluding hydrogens is 265 g/mol. The van der Waals surface area contributed by atoms with Crippen molar-refractivity contribution in [3.63, 3.8) is 0 Å². The molecule has 1 aliphatic rings. The van der Waals surface area contributed by atoms with Crippen molar-refractivity contribution < 1.29 is 23.5 Å². The average molecular weight is 287 g/mol. The van der Waals surface area contributed by atoms with E-state index in [1.807, 2.05) is 0 Å². The highest BCUT2D eigenvalue weighted by Crippen LogP contribution is 2.36. The van der Waals surface area contributed by atoms with E-state index in [1.165, 1.54) is 12.0 Å². The number of amides is 1. The maximum atomic E-state index is 13.0. The molecule has 1 atom stereocenters. The van der Waals surface area contributed by atoms with Crippen LogP contribution in [-0.4, -0.2) is 42.8 Å². The first-order chi connectivity index (χ1) is 9.14. The van der Waals surface area contributed by atoms with Crippen molar-refractivity contribution in [2.75, 3.05) is 20.2 Å². The van der Waals surface area contributed by atoms with E-state index in [4.69, 9.17) is 9.47 Å². The number of hydrogen-bond acceptors (Lipinski definition) is 4. The van der Waals surface area contributed by atoms with Gasteiger partial charge in [0, 0.05) is 13.1 Å². The minimum Gasteiger partial charge on any atom is -0.468 e. The fourth-order valence-electron chi connectivity index (χ4n) is 2.17. The summed E-state index contributed by atoms with van der Waals surface area (Å²) in [4.78, 5) is 25.4. The number of halogens is 1. The second-order valence-corrected chi connectivity index (χ2v) is 6.11. The third-order valence-electron chi connectivity index (χ3n) is 3.29. The van der Waals surface area contributed by atoms with Crippen LogP contribution in [-0.2, 0) is 14.3 Å². The van der Waals surface area contributed by atoms with Crippen molar-refractivity contribution in [2.45, 2.75) is 39.7 Å². The summed E-state index contributed by atoms with van der Waals surface area (Å²) in [5, 5.41) is 0. The van der Waals surface area contributed by atoms with E-state index in [9.17, 15) is 14.0 Å². The van der Waals surface area contributed by atoms with Gasteiger partial charge in [-0.05, 0) is 39.7 Å². The number of likely N-dealkylation sites (tertiary alicyclic amines) is 1. The molecule has 0 radical (unpaired) electrons. The third kappa shape index (κ3) is 3.49. The van der Waals surface area contributed by atoms with Crippen molar-refractivity contribution in [1.29, 1.82) is 0 Å². The van der Waals surface area contributed by atoms with Crippen LogP contribution >= 0.6 is 0 Å². The number of ether oxygens (including phenoxy) is 2. The molecule has 1 saturated heterocycles. The van der Waals surface area contributed by atoms with Crippen molar-refractivity contribution in [3.05, 3.63) is 11.9 Å². The van der Waals surface area contributed by atoms with Crippen LogP contribution in [0, 0.1) is 5.41 Å². The highest BCUT2D eigenvalue weighted by molar-refractivity contribution is 5.82. The first-order valence-corrected chi connectivity index (χ1v) is 6.50. The lowest BCUT2D eigenvalue weighted by Crippen LogP contribution is -2.51. The summed E-state index contributed by atoms with van der Waals surface area (Å²) < 4.78 is 23.0. The number of carbonyl (C=O) groups excluding carboxylic acids is 2. The average Bonchev–Trinajstić information content (AvgIpc) is 2.35. The molecular formula is C14H22FNO4. The molecule has 20 heavy (non-hydrogen) atoms. The Balaban J connectivity index is 2.92. The molecule has 0 spiro atoms. The summed E-state index contributed by atoms with van der Waals surface area (Å²) in [6.07, 6.45) is 0.204. The van der Waals surface area contributed by atoms with Crippen LogP contribution in [0.1, 0.15) is 34.1 Å². The van der Waals surface area contributed by atoms with Gasteiger partial charge in [0.25, 0.3) is 0 Å². The van der Waals surface area contributed by atoms with Crippen LogP contribution in [0.5, 0.6) is 0 Å². The Labute approximate surface area is 118 Å². The molecule has 0 aromatic heterocycles. The number of esters is 1. The fraction of sp³-hybridized carbons (Fsp3) is 0.714. The zero-order valence-electron chi connectivity index (χ0n) is 12.7. The molecule has 1 aliphatic heterocycles. The van der Waals surface area contributed by atoms with Gasteiger partial charge in [-0.15, -0.1) is 0 Å². The highest BCUT2D eigenvalue weighted by atomic mass is 19.1. The zero-order valence-corrected chi connectivity index (χ0v) is 12.7. The molecule has 6 heteroatoms. The summed E-state index contributed by atoms with van der Waals surface area (Å²) in [6.45, 7) is 7.23. The first-order valence-electron chi connectivity index (χ1n) is 6.50. The summed E-state index contributed by atoms with van der Waals surface area (Å²) in [6, 6.07) is 0.